The minimum atomic E-state index is 0.844. The Labute approximate surface area is 340 Å². The van der Waals surface area contributed by atoms with Gasteiger partial charge in [-0.05, 0) is 104 Å². The summed E-state index contributed by atoms with van der Waals surface area (Å²) in [7, 11) is 0. The standard InChI is InChI=1S/C56H35NO2/c1-2-12-36(13-3-1)37-22-24-38(25-23-37)39-26-28-41(29-27-39)57(42-30-31-47-46-18-8-10-20-52(46)58-54(47)35-42)51-33-32-48(56-55(51)49-19-9-11-21-53(49)59-56)50-34-40-14-4-5-15-43(40)44-16-6-7-17-45(44)50/h1-35H. The monoisotopic (exact) mass is 753 g/mol. The van der Waals surface area contributed by atoms with Crippen molar-refractivity contribution in [2.75, 3.05) is 4.90 Å². The molecule has 0 N–H and O–H groups in total. The molecule has 3 nitrogen and oxygen atoms in total. The van der Waals surface area contributed by atoms with E-state index in [0.29, 0.717) is 0 Å². The average molecular weight is 754 g/mol. The second-order valence-electron chi connectivity index (χ2n) is 15.2. The molecule has 0 fully saturated rings. The Balaban J connectivity index is 1.07. The summed E-state index contributed by atoms with van der Waals surface area (Å²) in [5.41, 5.74) is 13.4. The van der Waals surface area contributed by atoms with Crippen molar-refractivity contribution in [1.82, 2.24) is 0 Å². The minimum Gasteiger partial charge on any atom is -0.456 e. The first kappa shape index (κ1) is 33.3. The lowest BCUT2D eigenvalue weighted by atomic mass is 9.92. The van der Waals surface area contributed by atoms with Crippen LogP contribution < -0.4 is 4.90 Å². The van der Waals surface area contributed by atoms with Crippen LogP contribution in [0.3, 0.4) is 0 Å². The van der Waals surface area contributed by atoms with Crippen LogP contribution in [-0.4, -0.2) is 0 Å². The molecule has 0 aliphatic carbocycles. The molecule has 0 saturated carbocycles. The molecule has 12 aromatic rings. The second kappa shape index (κ2) is 13.4. The highest BCUT2D eigenvalue weighted by Gasteiger charge is 2.24. The smallest absolute Gasteiger partial charge is 0.145 e. The van der Waals surface area contributed by atoms with E-state index in [2.05, 4.69) is 199 Å². The van der Waals surface area contributed by atoms with Crippen molar-refractivity contribution in [3.63, 3.8) is 0 Å². The third-order valence-electron chi connectivity index (χ3n) is 11.9. The number of fused-ring (bicyclic) bond motifs is 9. The van der Waals surface area contributed by atoms with Crippen LogP contribution in [0.25, 0.3) is 98.8 Å². The van der Waals surface area contributed by atoms with E-state index in [1.807, 2.05) is 18.2 Å². The fourth-order valence-electron chi connectivity index (χ4n) is 9.06. The maximum atomic E-state index is 6.95. The van der Waals surface area contributed by atoms with E-state index in [1.54, 1.807) is 0 Å². The number of hydrogen-bond donors (Lipinski definition) is 0. The number of furan rings is 2. The van der Waals surface area contributed by atoms with Gasteiger partial charge in [0.25, 0.3) is 0 Å². The van der Waals surface area contributed by atoms with Gasteiger partial charge in [-0.15, -0.1) is 0 Å². The van der Waals surface area contributed by atoms with Crippen molar-refractivity contribution in [3.8, 4) is 33.4 Å². The average Bonchev–Trinajstić information content (AvgIpc) is 3.89. The van der Waals surface area contributed by atoms with Crippen LogP contribution in [0, 0.1) is 0 Å². The fraction of sp³-hybridized carbons (Fsp3) is 0. The van der Waals surface area contributed by atoms with Crippen LogP contribution in [0.2, 0.25) is 0 Å². The van der Waals surface area contributed by atoms with Crippen molar-refractivity contribution in [2.24, 2.45) is 0 Å². The molecule has 2 heterocycles. The van der Waals surface area contributed by atoms with Crippen molar-refractivity contribution >= 4 is 82.5 Å². The van der Waals surface area contributed by atoms with E-state index in [1.165, 1.54) is 38.2 Å². The number of benzene rings is 10. The molecule has 0 aliphatic heterocycles. The highest BCUT2D eigenvalue weighted by atomic mass is 16.3. The molecule has 0 amide bonds. The van der Waals surface area contributed by atoms with Crippen LogP contribution in [0.5, 0.6) is 0 Å². The lowest BCUT2D eigenvalue weighted by molar-refractivity contribution is 0.669. The molecule has 0 spiro atoms. The van der Waals surface area contributed by atoms with Crippen LogP contribution in [0.1, 0.15) is 0 Å². The SMILES string of the molecule is c1ccc(-c2ccc(-c3ccc(N(c4ccc5c(c4)oc4ccccc45)c4ccc(-c5cc6ccccc6c6ccccc56)c5oc6ccccc6c45)cc3)cc2)cc1. The molecule has 2 aromatic heterocycles. The summed E-state index contributed by atoms with van der Waals surface area (Å²) >= 11 is 0. The molecule has 276 valence electrons. The highest BCUT2D eigenvalue weighted by molar-refractivity contribution is 6.21. The first-order chi connectivity index (χ1) is 29.2. The van der Waals surface area contributed by atoms with Crippen LogP contribution in [0.15, 0.2) is 221 Å². The summed E-state index contributed by atoms with van der Waals surface area (Å²) in [6.45, 7) is 0. The van der Waals surface area contributed by atoms with Gasteiger partial charge >= 0.3 is 0 Å². The van der Waals surface area contributed by atoms with Crippen molar-refractivity contribution < 1.29 is 8.83 Å². The number of para-hydroxylation sites is 2. The van der Waals surface area contributed by atoms with Gasteiger partial charge in [0.05, 0.1) is 11.1 Å². The van der Waals surface area contributed by atoms with Gasteiger partial charge in [-0.1, -0.05) is 152 Å². The summed E-state index contributed by atoms with van der Waals surface area (Å²) in [6.07, 6.45) is 0. The van der Waals surface area contributed by atoms with Gasteiger partial charge in [-0.2, -0.15) is 0 Å². The van der Waals surface area contributed by atoms with Gasteiger partial charge < -0.3 is 13.7 Å². The van der Waals surface area contributed by atoms with Gasteiger partial charge in [0.2, 0.25) is 0 Å². The van der Waals surface area contributed by atoms with Crippen molar-refractivity contribution in [3.05, 3.63) is 212 Å². The summed E-state index contributed by atoms with van der Waals surface area (Å²) in [5, 5.41) is 9.19. The van der Waals surface area contributed by atoms with Gasteiger partial charge in [0.1, 0.15) is 22.3 Å². The molecular weight excluding hydrogens is 719 g/mol. The van der Waals surface area contributed by atoms with E-state index in [0.717, 1.165) is 77.6 Å². The Kier molecular flexibility index (Phi) is 7.54. The number of nitrogens with zero attached hydrogens (tertiary/aromatic N) is 1. The zero-order valence-corrected chi connectivity index (χ0v) is 32.0. The van der Waals surface area contributed by atoms with E-state index in [-0.39, 0.29) is 0 Å². The summed E-state index contributed by atoms with van der Waals surface area (Å²) in [4.78, 5) is 2.35. The molecule has 3 heteroatoms. The van der Waals surface area contributed by atoms with E-state index < -0.39 is 0 Å². The Bertz CT molecular complexity index is 3540. The largest absolute Gasteiger partial charge is 0.456 e. The normalized spacial score (nSPS) is 11.7. The van der Waals surface area contributed by atoms with Gasteiger partial charge in [0.15, 0.2) is 0 Å². The molecule has 0 aliphatic rings. The first-order valence-corrected chi connectivity index (χ1v) is 20.1. The lowest BCUT2D eigenvalue weighted by Crippen LogP contribution is -2.10. The predicted molar refractivity (Wildman–Crippen MR) is 247 cm³/mol. The van der Waals surface area contributed by atoms with Gasteiger partial charge in [-0.3, -0.25) is 0 Å². The quantitative estimate of drug-likeness (QED) is 0.158. The van der Waals surface area contributed by atoms with Crippen molar-refractivity contribution in [2.45, 2.75) is 0 Å². The van der Waals surface area contributed by atoms with Gasteiger partial charge in [0, 0.05) is 39.2 Å². The van der Waals surface area contributed by atoms with Crippen molar-refractivity contribution in [1.29, 1.82) is 0 Å². The third-order valence-corrected chi connectivity index (χ3v) is 11.9. The third kappa shape index (κ3) is 5.44. The van der Waals surface area contributed by atoms with Crippen LogP contribution >= 0.6 is 0 Å². The summed E-state index contributed by atoms with van der Waals surface area (Å²) in [6, 6.07) is 75.6. The van der Waals surface area contributed by atoms with E-state index in [4.69, 9.17) is 8.83 Å². The molecule has 0 unspecified atom stereocenters. The fourth-order valence-corrected chi connectivity index (χ4v) is 9.06. The Morgan fingerprint density at radius 1 is 0.305 bits per heavy atom. The maximum Gasteiger partial charge on any atom is 0.145 e. The number of hydrogen-bond acceptors (Lipinski definition) is 3. The van der Waals surface area contributed by atoms with E-state index >= 15 is 0 Å². The zero-order chi connectivity index (χ0) is 38.9. The Morgan fingerprint density at radius 3 is 1.59 bits per heavy atom. The lowest BCUT2D eigenvalue weighted by Gasteiger charge is -2.27. The molecule has 0 saturated heterocycles. The predicted octanol–water partition coefficient (Wildman–Crippen LogP) is 16.3. The molecule has 10 aromatic carbocycles. The number of anilines is 3. The molecule has 0 radical (unpaired) electrons. The minimum absolute atomic E-state index is 0.844. The molecular formula is C56H35NO2. The highest BCUT2D eigenvalue weighted by Crippen LogP contribution is 2.48. The second-order valence-corrected chi connectivity index (χ2v) is 15.2. The molecule has 0 atom stereocenters. The van der Waals surface area contributed by atoms with Crippen LogP contribution in [0.4, 0.5) is 17.1 Å². The molecule has 59 heavy (non-hydrogen) atoms. The Hall–Kier alpha value is -7.88. The Morgan fingerprint density at radius 2 is 0.847 bits per heavy atom. The zero-order valence-electron chi connectivity index (χ0n) is 32.0. The maximum absolute atomic E-state index is 6.95. The van der Waals surface area contributed by atoms with E-state index in [9.17, 15) is 0 Å². The molecule has 0 bridgehead atoms. The molecule has 12 rings (SSSR count). The summed E-state index contributed by atoms with van der Waals surface area (Å²) < 4.78 is 13.4. The summed E-state index contributed by atoms with van der Waals surface area (Å²) in [5.74, 6) is 0. The first-order valence-electron chi connectivity index (χ1n) is 20.1. The van der Waals surface area contributed by atoms with Gasteiger partial charge in [-0.25, -0.2) is 0 Å². The number of rotatable bonds is 6. The topological polar surface area (TPSA) is 29.5 Å². The van der Waals surface area contributed by atoms with Crippen LogP contribution in [-0.2, 0) is 0 Å².